The van der Waals surface area contributed by atoms with E-state index < -0.39 is 0 Å². The summed E-state index contributed by atoms with van der Waals surface area (Å²) in [6.45, 7) is 11.3. The quantitative estimate of drug-likeness (QED) is 0.372. The van der Waals surface area contributed by atoms with Crippen molar-refractivity contribution in [1.82, 2.24) is 10.6 Å². The van der Waals surface area contributed by atoms with Gasteiger partial charge < -0.3 is 28.0 Å². The second-order valence-electron chi connectivity index (χ2n) is 5.06. The molecule has 3 N–H and O–H groups in total. The molecule has 1 radical (unpaired) electrons. The van der Waals surface area contributed by atoms with Crippen LogP contribution in [-0.2, 0) is 32.7 Å². The van der Waals surface area contributed by atoms with Gasteiger partial charge in [-0.05, 0) is 33.0 Å². The molecule has 0 bridgehead atoms. The molecule has 18 heavy (non-hydrogen) atoms. The first-order valence-electron chi connectivity index (χ1n) is 6.01. The van der Waals surface area contributed by atoms with Crippen molar-refractivity contribution in [2.45, 2.75) is 45.2 Å². The van der Waals surface area contributed by atoms with Gasteiger partial charge in [0.1, 0.15) is 0 Å². The van der Waals surface area contributed by atoms with E-state index in [4.69, 9.17) is 12.2 Å². The molecule has 6 heteroatoms. The number of aliphatic hydroxyl groups excluding tert-OH is 1. The van der Waals surface area contributed by atoms with E-state index in [1.54, 1.807) is 0 Å². The first-order valence-corrected chi connectivity index (χ1v) is 6.42. The summed E-state index contributed by atoms with van der Waals surface area (Å²) in [4.78, 5) is 0. The van der Waals surface area contributed by atoms with Crippen molar-refractivity contribution in [3.05, 3.63) is 12.2 Å². The van der Waals surface area contributed by atoms with Gasteiger partial charge in [0, 0.05) is 44.3 Å². The van der Waals surface area contributed by atoms with Gasteiger partial charge in [0.2, 0.25) is 0 Å². The predicted octanol–water partition coefficient (Wildman–Crippen LogP) is 1.60. The molecular weight excluding hydrogens is 323 g/mol. The van der Waals surface area contributed by atoms with Gasteiger partial charge >= 0.3 is 0 Å². The van der Waals surface area contributed by atoms with Crippen molar-refractivity contribution in [3.63, 3.8) is 0 Å². The molecule has 0 amide bonds. The number of hydrogen-bond donors (Lipinski definition) is 3. The van der Waals surface area contributed by atoms with E-state index >= 15 is 0 Å². The Hall–Kier alpha value is 0.714. The zero-order valence-electron chi connectivity index (χ0n) is 11.7. The second kappa shape index (κ2) is 11.5. The summed E-state index contributed by atoms with van der Waals surface area (Å²) in [5, 5.41) is 20.3. The van der Waals surface area contributed by atoms with Crippen LogP contribution < -0.4 is 10.6 Å². The molecular formula is C12H25N3OSY-2. The summed E-state index contributed by atoms with van der Waals surface area (Å²) < 4.78 is 0. The average molecular weight is 348 g/mol. The van der Waals surface area contributed by atoms with Crippen LogP contribution in [0.4, 0.5) is 0 Å². The van der Waals surface area contributed by atoms with Crippen molar-refractivity contribution >= 4 is 17.3 Å². The molecule has 1 atom stereocenters. The van der Waals surface area contributed by atoms with Crippen LogP contribution in [0.3, 0.4) is 0 Å². The largest absolute Gasteiger partial charge is 0.661 e. The van der Waals surface area contributed by atoms with E-state index in [9.17, 15) is 5.11 Å². The molecule has 0 aliphatic rings. The number of unbranched alkanes of at least 4 members (excludes halogenated alkanes) is 1. The van der Waals surface area contributed by atoms with Crippen LogP contribution in [0.25, 0.3) is 5.32 Å². The monoisotopic (exact) mass is 348 g/mol. The summed E-state index contributed by atoms with van der Waals surface area (Å²) in [6, 6.07) is -0.109. The third kappa shape index (κ3) is 13.2. The van der Waals surface area contributed by atoms with E-state index in [0.29, 0.717) is 11.7 Å². The number of nitrogens with one attached hydrogen (secondary N) is 2. The van der Waals surface area contributed by atoms with Crippen molar-refractivity contribution in [2.75, 3.05) is 19.7 Å². The molecule has 0 aromatic carbocycles. The molecule has 0 spiro atoms. The molecule has 0 aromatic rings. The SMILES string of the molecule is [CH2-]CCC[N-]CC(CO)NC(=S)NC(C)(C)C.[Y]. The molecule has 0 aromatic heterocycles. The molecule has 0 aliphatic heterocycles. The molecule has 1 unspecified atom stereocenters. The van der Waals surface area contributed by atoms with Gasteiger partial charge in [-0.25, -0.2) is 0 Å². The molecule has 0 saturated carbocycles. The second-order valence-corrected chi connectivity index (χ2v) is 5.47. The van der Waals surface area contributed by atoms with Gasteiger partial charge in [0.05, 0.1) is 6.61 Å². The zero-order valence-corrected chi connectivity index (χ0v) is 15.4. The molecule has 105 valence electrons. The standard InChI is InChI=1S/C12H25N3OS.Y/c1-5-6-7-13-8-10(9-16)14-11(17)15-12(2,3)4;/h10,16H,1,5-9H2,2-4H3,(H2,14,15,17);/q-2;. The summed E-state index contributed by atoms with van der Waals surface area (Å²) in [7, 11) is 0. The zero-order chi connectivity index (χ0) is 13.3. The van der Waals surface area contributed by atoms with Crippen LogP contribution >= 0.6 is 12.2 Å². The van der Waals surface area contributed by atoms with Crippen LogP contribution in [-0.4, -0.2) is 41.5 Å². The van der Waals surface area contributed by atoms with Crippen molar-refractivity contribution in [3.8, 4) is 0 Å². The van der Waals surface area contributed by atoms with Crippen molar-refractivity contribution in [1.29, 1.82) is 0 Å². The Balaban J connectivity index is 0. The van der Waals surface area contributed by atoms with Crippen molar-refractivity contribution in [2.24, 2.45) is 0 Å². The Morgan fingerprint density at radius 2 is 2.06 bits per heavy atom. The smallest absolute Gasteiger partial charge is 0.166 e. The van der Waals surface area contributed by atoms with Crippen LogP contribution in [0.2, 0.25) is 0 Å². The molecule has 0 rings (SSSR count). The minimum absolute atomic E-state index is 0. The Morgan fingerprint density at radius 1 is 1.44 bits per heavy atom. The number of thiocarbonyl (C=S) groups is 1. The van der Waals surface area contributed by atoms with E-state index in [1.807, 2.05) is 20.8 Å². The van der Waals surface area contributed by atoms with Crippen LogP contribution in [0.1, 0.15) is 33.6 Å². The van der Waals surface area contributed by atoms with Gasteiger partial charge in [-0.1, -0.05) is 6.42 Å². The van der Waals surface area contributed by atoms with Gasteiger partial charge in [0.25, 0.3) is 0 Å². The summed E-state index contributed by atoms with van der Waals surface area (Å²) in [6.07, 6.45) is 1.88. The maximum atomic E-state index is 9.21. The Labute approximate surface area is 142 Å². The first-order chi connectivity index (χ1) is 7.89. The van der Waals surface area contributed by atoms with Gasteiger partial charge in [0.15, 0.2) is 5.11 Å². The Bertz CT molecular complexity index is 222. The van der Waals surface area contributed by atoms with Crippen LogP contribution in [0, 0.1) is 6.92 Å². The van der Waals surface area contributed by atoms with Gasteiger partial charge in [-0.15, -0.1) is 6.54 Å². The predicted molar refractivity (Wildman–Crippen MR) is 77.2 cm³/mol. The topological polar surface area (TPSA) is 58.4 Å². The third-order valence-electron chi connectivity index (χ3n) is 1.96. The van der Waals surface area contributed by atoms with Crippen molar-refractivity contribution < 1.29 is 37.8 Å². The maximum absolute atomic E-state index is 9.21. The number of hydrogen-bond acceptors (Lipinski definition) is 2. The summed E-state index contributed by atoms with van der Waals surface area (Å²) in [5.74, 6) is 0. The number of rotatable bonds is 7. The van der Waals surface area contributed by atoms with E-state index in [0.717, 1.165) is 19.4 Å². The van der Waals surface area contributed by atoms with Crippen LogP contribution in [0.5, 0.6) is 0 Å². The number of aliphatic hydroxyl groups is 1. The fourth-order valence-corrected chi connectivity index (χ4v) is 1.65. The Kier molecular flexibility index (Phi) is 13.5. The third-order valence-corrected chi connectivity index (χ3v) is 2.18. The summed E-state index contributed by atoms with van der Waals surface area (Å²) in [5.41, 5.74) is -0.0743. The van der Waals surface area contributed by atoms with E-state index in [1.165, 1.54) is 0 Å². The Morgan fingerprint density at radius 3 is 2.50 bits per heavy atom. The summed E-state index contributed by atoms with van der Waals surface area (Å²) >= 11 is 5.16. The first kappa shape index (κ1) is 21.0. The minimum Gasteiger partial charge on any atom is -0.661 e. The normalized spacial score (nSPS) is 12.5. The van der Waals surface area contributed by atoms with E-state index in [-0.39, 0.29) is 50.9 Å². The maximum Gasteiger partial charge on any atom is 0.166 e. The van der Waals surface area contributed by atoms with Gasteiger partial charge in [-0.3, -0.25) is 0 Å². The molecule has 4 nitrogen and oxygen atoms in total. The molecule has 0 aliphatic carbocycles. The molecule has 0 saturated heterocycles. The number of nitrogens with zero attached hydrogens (tertiary/aromatic N) is 1. The van der Waals surface area contributed by atoms with Gasteiger partial charge in [-0.2, -0.15) is 13.0 Å². The minimum atomic E-state index is -0.109. The molecule has 0 heterocycles. The molecule has 0 fully saturated rings. The average Bonchev–Trinajstić information content (AvgIpc) is 2.20. The van der Waals surface area contributed by atoms with E-state index in [2.05, 4.69) is 22.9 Å². The fraction of sp³-hybridized carbons (Fsp3) is 0.833. The fourth-order valence-electron chi connectivity index (χ4n) is 1.18. The van der Waals surface area contributed by atoms with Crippen LogP contribution in [0.15, 0.2) is 0 Å².